The van der Waals surface area contributed by atoms with Crippen molar-refractivity contribution in [1.29, 1.82) is 5.26 Å². The maximum Gasteiger partial charge on any atom is 0.347 e. The fraction of sp³-hybridized carbons (Fsp3) is 0.410. The number of rotatable bonds is 17. The van der Waals surface area contributed by atoms with E-state index in [1.165, 1.54) is 25.7 Å². The molecule has 0 aliphatic heterocycles. The van der Waals surface area contributed by atoms with E-state index < -0.39 is 11.9 Å². The van der Waals surface area contributed by atoms with Gasteiger partial charge in [-0.15, -0.1) is 0 Å². The number of nitrogens with zero attached hydrogens (tertiary/aromatic N) is 1. The van der Waals surface area contributed by atoms with Crippen LogP contribution in [-0.2, 0) is 11.2 Å². The molecule has 240 valence electrons. The lowest BCUT2D eigenvalue weighted by atomic mass is 9.85. The van der Waals surface area contributed by atoms with Gasteiger partial charge in [-0.2, -0.15) is 5.26 Å². The highest BCUT2D eigenvalue weighted by atomic mass is 16.5. The number of hydrogen-bond donors (Lipinski definition) is 2. The molecule has 0 heterocycles. The van der Waals surface area contributed by atoms with Crippen LogP contribution in [0.25, 0.3) is 5.57 Å². The Bertz CT molecular complexity index is 1410. The van der Waals surface area contributed by atoms with E-state index in [4.69, 9.17) is 9.84 Å². The van der Waals surface area contributed by atoms with Gasteiger partial charge in [-0.05, 0) is 53.5 Å². The van der Waals surface area contributed by atoms with Gasteiger partial charge in [0, 0.05) is 5.57 Å². The van der Waals surface area contributed by atoms with Crippen LogP contribution >= 0.6 is 0 Å². The zero-order valence-electron chi connectivity index (χ0n) is 27.3. The number of unbranched alkanes of at least 4 members (excludes halogenated alkanes) is 2. The minimum Gasteiger partial charge on any atom is -0.492 e. The van der Waals surface area contributed by atoms with E-state index in [1.807, 2.05) is 54.6 Å². The van der Waals surface area contributed by atoms with Crippen molar-refractivity contribution in [3.63, 3.8) is 0 Å². The van der Waals surface area contributed by atoms with E-state index in [0.717, 1.165) is 48.8 Å². The largest absolute Gasteiger partial charge is 0.492 e. The fourth-order valence-electron chi connectivity index (χ4n) is 5.32. The zero-order valence-corrected chi connectivity index (χ0v) is 27.3. The van der Waals surface area contributed by atoms with Crippen LogP contribution in [0.1, 0.15) is 106 Å². The first-order valence-corrected chi connectivity index (χ1v) is 16.3. The van der Waals surface area contributed by atoms with E-state index >= 15 is 0 Å². The number of carboxylic acids is 2. The summed E-state index contributed by atoms with van der Waals surface area (Å²) in [5.74, 6) is -0.596. The topological polar surface area (TPSA) is 108 Å². The molecule has 0 bridgehead atoms. The van der Waals surface area contributed by atoms with E-state index in [1.54, 1.807) is 24.3 Å². The summed E-state index contributed by atoms with van der Waals surface area (Å²) >= 11 is 0. The van der Waals surface area contributed by atoms with Crippen molar-refractivity contribution in [3.8, 4) is 11.8 Å². The monoisotopic (exact) mass is 611 g/mol. The van der Waals surface area contributed by atoms with Crippen molar-refractivity contribution in [2.45, 2.75) is 85.5 Å². The van der Waals surface area contributed by atoms with Crippen molar-refractivity contribution >= 4 is 17.5 Å². The molecule has 3 rings (SSSR count). The normalized spacial score (nSPS) is 12.5. The summed E-state index contributed by atoms with van der Waals surface area (Å²) in [6.07, 6.45) is 10.1. The molecule has 0 saturated heterocycles. The molecule has 0 aliphatic rings. The van der Waals surface area contributed by atoms with Crippen LogP contribution in [0, 0.1) is 23.2 Å². The highest BCUT2D eigenvalue weighted by molar-refractivity contribution is 6.04. The number of ether oxygens (including phenoxy) is 1. The third-order valence-corrected chi connectivity index (χ3v) is 8.11. The molecule has 0 amide bonds. The third-order valence-electron chi connectivity index (χ3n) is 8.11. The summed E-state index contributed by atoms with van der Waals surface area (Å²) in [6.45, 7) is 9.32. The van der Waals surface area contributed by atoms with Gasteiger partial charge in [0.05, 0.1) is 6.61 Å². The van der Waals surface area contributed by atoms with Gasteiger partial charge in [0.2, 0.25) is 0 Å². The van der Waals surface area contributed by atoms with E-state index in [2.05, 4.69) is 33.8 Å². The molecule has 0 saturated carbocycles. The molecule has 6 heteroatoms. The molecule has 6 nitrogen and oxygen atoms in total. The molecule has 0 aliphatic carbocycles. The maximum absolute atomic E-state index is 11.8. The van der Waals surface area contributed by atoms with Crippen molar-refractivity contribution in [1.82, 2.24) is 0 Å². The number of hydrogen-bond acceptors (Lipinski definition) is 4. The highest BCUT2D eigenvalue weighted by Gasteiger charge is 2.21. The molecule has 0 aromatic heterocycles. The third kappa shape index (κ3) is 11.9. The summed E-state index contributed by atoms with van der Waals surface area (Å²) in [5.41, 5.74) is 3.24. The Hall–Kier alpha value is -4.37. The van der Waals surface area contributed by atoms with E-state index in [0.29, 0.717) is 29.8 Å². The second-order valence-corrected chi connectivity index (χ2v) is 11.3. The molecule has 2 unspecified atom stereocenters. The Morgan fingerprint density at radius 3 is 1.87 bits per heavy atom. The van der Waals surface area contributed by atoms with Crippen LogP contribution in [0.15, 0.2) is 84.4 Å². The first kappa shape index (κ1) is 36.8. The predicted molar refractivity (Wildman–Crippen MR) is 181 cm³/mol. The van der Waals surface area contributed by atoms with Crippen molar-refractivity contribution in [2.75, 3.05) is 6.61 Å². The second kappa shape index (κ2) is 20.6. The number of carboxylic acid groups (broad SMARTS) is 2. The Morgan fingerprint density at radius 2 is 1.31 bits per heavy atom. The smallest absolute Gasteiger partial charge is 0.347 e. The van der Waals surface area contributed by atoms with Crippen molar-refractivity contribution in [2.24, 2.45) is 11.8 Å². The van der Waals surface area contributed by atoms with Gasteiger partial charge in [-0.3, -0.25) is 0 Å². The van der Waals surface area contributed by atoms with Crippen LogP contribution < -0.4 is 4.74 Å². The van der Waals surface area contributed by atoms with Crippen molar-refractivity contribution < 1.29 is 24.5 Å². The number of para-hydroxylation sites is 1. The van der Waals surface area contributed by atoms with E-state index in [-0.39, 0.29) is 11.1 Å². The maximum atomic E-state index is 11.8. The quantitative estimate of drug-likeness (QED) is 0.116. The minimum atomic E-state index is -1.19. The summed E-state index contributed by atoms with van der Waals surface area (Å²) in [4.78, 5) is 22.8. The first-order valence-electron chi connectivity index (χ1n) is 16.3. The molecule has 3 aromatic carbocycles. The predicted octanol–water partition coefficient (Wildman–Crippen LogP) is 9.84. The summed E-state index contributed by atoms with van der Waals surface area (Å²) in [6, 6.07) is 25.9. The van der Waals surface area contributed by atoms with Gasteiger partial charge in [-0.25, -0.2) is 9.59 Å². The Balaban J connectivity index is 0.000000341. The van der Waals surface area contributed by atoms with Crippen LogP contribution in [0.5, 0.6) is 5.75 Å². The number of benzene rings is 3. The molecular weight excluding hydrogens is 562 g/mol. The number of nitriles is 1. The summed E-state index contributed by atoms with van der Waals surface area (Å²) in [5, 5.41) is 28.2. The molecule has 0 radical (unpaired) electrons. The Morgan fingerprint density at radius 1 is 0.756 bits per heavy atom. The average molecular weight is 612 g/mol. The second-order valence-electron chi connectivity index (χ2n) is 11.3. The first-order chi connectivity index (χ1) is 21.8. The fourth-order valence-corrected chi connectivity index (χ4v) is 5.32. The minimum absolute atomic E-state index is 0.213. The van der Waals surface area contributed by atoms with Crippen molar-refractivity contribution in [3.05, 3.63) is 107 Å². The van der Waals surface area contributed by atoms with Gasteiger partial charge in [0.15, 0.2) is 0 Å². The van der Waals surface area contributed by atoms with Crippen LogP contribution in [0.3, 0.4) is 0 Å². The highest BCUT2D eigenvalue weighted by Crippen LogP contribution is 2.32. The number of aliphatic carboxylic acids is 1. The SMILES string of the molecule is CCCCC(CC)COc1ccccc1C(=O)O.CCCCC(CC)Cc1ccccc1C(=C(C#N)C(=O)O)c1ccccc1. The Labute approximate surface area is 269 Å². The standard InChI is InChI=1S/C24H27NO2.C15H22O3/c1-3-5-11-18(4-2)16-20-14-9-10-15-21(20)23(22(17-25)24(26)27)19-12-7-6-8-13-19;1-3-5-8-12(4-2)11-18-14-10-7-6-9-13(14)15(16)17/h6-10,12-15,18H,3-5,11,16H2,1-2H3,(H,26,27);6-7,9-10,12H,3-5,8,11H2,1-2H3,(H,16,17). The lowest BCUT2D eigenvalue weighted by Gasteiger charge is -2.19. The molecule has 0 spiro atoms. The van der Waals surface area contributed by atoms with Gasteiger partial charge in [0.1, 0.15) is 23.0 Å². The Kier molecular flexibility index (Phi) is 16.8. The molecule has 2 atom stereocenters. The summed E-state index contributed by atoms with van der Waals surface area (Å²) in [7, 11) is 0. The van der Waals surface area contributed by atoms with Crippen LogP contribution in [-0.4, -0.2) is 28.8 Å². The number of carbonyl (C=O) groups is 2. The molecule has 0 fully saturated rings. The van der Waals surface area contributed by atoms with Crippen LogP contribution in [0.4, 0.5) is 0 Å². The lowest BCUT2D eigenvalue weighted by molar-refractivity contribution is -0.132. The average Bonchev–Trinajstić information content (AvgIpc) is 3.06. The van der Waals surface area contributed by atoms with Crippen LogP contribution in [0.2, 0.25) is 0 Å². The van der Waals surface area contributed by atoms with Gasteiger partial charge >= 0.3 is 11.9 Å². The molecular formula is C39H49NO5. The van der Waals surface area contributed by atoms with Gasteiger partial charge < -0.3 is 14.9 Å². The zero-order chi connectivity index (χ0) is 33.0. The summed E-state index contributed by atoms with van der Waals surface area (Å²) < 4.78 is 5.67. The lowest BCUT2D eigenvalue weighted by Crippen LogP contribution is -2.13. The molecule has 45 heavy (non-hydrogen) atoms. The van der Waals surface area contributed by atoms with E-state index in [9.17, 15) is 20.0 Å². The van der Waals surface area contributed by atoms with Gasteiger partial charge in [-0.1, -0.05) is 139 Å². The molecule has 2 N–H and O–H groups in total. The molecule has 3 aromatic rings. The number of aromatic carboxylic acids is 1. The van der Waals surface area contributed by atoms with Gasteiger partial charge in [0.25, 0.3) is 0 Å².